The Morgan fingerprint density at radius 1 is 1.10 bits per heavy atom. The van der Waals surface area contributed by atoms with Gasteiger partial charge in [0.25, 0.3) is 0 Å². The van der Waals surface area contributed by atoms with Crippen LogP contribution in [0.5, 0.6) is 0 Å². The van der Waals surface area contributed by atoms with Gasteiger partial charge in [-0.1, -0.05) is 0 Å². The minimum atomic E-state index is -4.66. The van der Waals surface area contributed by atoms with Crippen molar-refractivity contribution >= 4 is 11.6 Å². The van der Waals surface area contributed by atoms with E-state index in [1.165, 1.54) is 18.4 Å². The third-order valence-electron chi connectivity index (χ3n) is 2.75. The molecule has 0 aromatic carbocycles. The lowest BCUT2D eigenvalue weighted by Crippen LogP contribution is -2.15. The number of furan rings is 1. The molecule has 0 bridgehead atoms. The predicted molar refractivity (Wildman–Crippen MR) is 65.8 cm³/mol. The minimum Gasteiger partial charge on any atom is -0.461 e. The zero-order valence-corrected chi connectivity index (χ0v) is 10.7. The van der Waals surface area contributed by atoms with Gasteiger partial charge in [0.05, 0.1) is 11.8 Å². The van der Waals surface area contributed by atoms with Crippen LogP contribution in [0.4, 0.5) is 13.2 Å². The molecule has 21 heavy (non-hydrogen) atoms. The van der Waals surface area contributed by atoms with E-state index in [1.54, 1.807) is 0 Å². The maximum atomic E-state index is 12.8. The molecule has 0 saturated heterocycles. The second-order valence-electron chi connectivity index (χ2n) is 4.22. The smallest absolute Gasteiger partial charge is 0.418 e. The normalized spacial score (nSPS) is 11.4. The third-order valence-corrected chi connectivity index (χ3v) is 2.75. The zero-order valence-electron chi connectivity index (χ0n) is 10.7. The Morgan fingerprint density at radius 2 is 1.81 bits per heavy atom. The summed E-state index contributed by atoms with van der Waals surface area (Å²) in [4.78, 5) is 27.0. The molecule has 2 aromatic heterocycles. The molecule has 0 spiro atoms. The highest BCUT2D eigenvalue weighted by Crippen LogP contribution is 2.31. The first kappa shape index (κ1) is 15.0. The number of alkyl halides is 3. The summed E-state index contributed by atoms with van der Waals surface area (Å²) in [5.41, 5.74) is -1.77. The number of pyridine rings is 1. The van der Waals surface area contributed by atoms with E-state index >= 15 is 0 Å². The summed E-state index contributed by atoms with van der Waals surface area (Å²) in [7, 11) is 0. The molecule has 7 heteroatoms. The van der Waals surface area contributed by atoms with Gasteiger partial charge >= 0.3 is 6.18 Å². The first-order valence-corrected chi connectivity index (χ1v) is 6.01. The number of ketones is 2. The largest absolute Gasteiger partial charge is 0.461 e. The number of carbonyl (C=O) groups is 2. The predicted octanol–water partition coefficient (Wildman–Crippen LogP) is 3.54. The van der Waals surface area contributed by atoms with E-state index in [0.717, 1.165) is 18.3 Å². The minimum absolute atomic E-state index is 0.0693. The number of hydrogen-bond donors (Lipinski definition) is 0. The SMILES string of the molecule is O=C(CCC(=O)c1ncccc1C(F)(F)F)c1ccco1. The van der Waals surface area contributed by atoms with Gasteiger partial charge < -0.3 is 4.42 Å². The number of nitrogens with zero attached hydrogens (tertiary/aromatic N) is 1. The second kappa shape index (κ2) is 5.90. The molecule has 0 radical (unpaired) electrons. The molecule has 4 nitrogen and oxygen atoms in total. The van der Waals surface area contributed by atoms with Crippen LogP contribution in [0.15, 0.2) is 41.1 Å². The number of carbonyl (C=O) groups excluding carboxylic acids is 2. The van der Waals surface area contributed by atoms with E-state index in [-0.39, 0.29) is 18.6 Å². The molecular weight excluding hydrogens is 287 g/mol. The first-order valence-electron chi connectivity index (χ1n) is 6.01. The molecule has 0 aliphatic rings. The number of rotatable bonds is 5. The summed E-state index contributed by atoms with van der Waals surface area (Å²) in [6.07, 6.45) is -2.85. The van der Waals surface area contributed by atoms with E-state index in [9.17, 15) is 22.8 Å². The highest BCUT2D eigenvalue weighted by molar-refractivity contribution is 6.00. The molecule has 0 aliphatic heterocycles. The Kier molecular flexibility index (Phi) is 4.21. The molecule has 0 aliphatic carbocycles. The van der Waals surface area contributed by atoms with Crippen LogP contribution in [0.25, 0.3) is 0 Å². The second-order valence-corrected chi connectivity index (χ2v) is 4.22. The van der Waals surface area contributed by atoms with Gasteiger partial charge in [0.15, 0.2) is 17.3 Å². The molecule has 2 aromatic rings. The Balaban J connectivity index is 2.09. The average Bonchev–Trinajstić information content (AvgIpc) is 2.97. The monoisotopic (exact) mass is 297 g/mol. The highest BCUT2D eigenvalue weighted by atomic mass is 19.4. The molecule has 2 heterocycles. The van der Waals surface area contributed by atoms with Crippen molar-refractivity contribution in [2.45, 2.75) is 19.0 Å². The highest BCUT2D eigenvalue weighted by Gasteiger charge is 2.35. The standard InChI is InChI=1S/C14H10F3NO3/c15-14(16,17)9-3-1-7-18-13(9)11(20)6-5-10(19)12-4-2-8-21-12/h1-4,7-8H,5-6H2. The quantitative estimate of drug-likeness (QED) is 0.792. The van der Waals surface area contributed by atoms with Gasteiger partial charge in [0.2, 0.25) is 0 Å². The average molecular weight is 297 g/mol. The lowest BCUT2D eigenvalue weighted by Gasteiger charge is -2.10. The van der Waals surface area contributed by atoms with Gasteiger partial charge in [-0.2, -0.15) is 13.2 Å². The number of aromatic nitrogens is 1. The molecule has 0 unspecified atom stereocenters. The Morgan fingerprint density at radius 3 is 2.43 bits per heavy atom. The Bertz CT molecular complexity index is 648. The third kappa shape index (κ3) is 3.56. The van der Waals surface area contributed by atoms with Crippen LogP contribution in [-0.4, -0.2) is 16.6 Å². The van der Waals surface area contributed by atoms with Gasteiger partial charge in [-0.15, -0.1) is 0 Å². The van der Waals surface area contributed by atoms with E-state index in [0.29, 0.717) is 0 Å². The summed E-state index contributed by atoms with van der Waals surface area (Å²) in [5, 5.41) is 0. The Hall–Kier alpha value is -2.44. The van der Waals surface area contributed by atoms with Crippen LogP contribution < -0.4 is 0 Å². The van der Waals surface area contributed by atoms with Gasteiger partial charge in [-0.3, -0.25) is 14.6 Å². The van der Waals surface area contributed by atoms with Crippen molar-refractivity contribution < 1.29 is 27.2 Å². The number of halogens is 3. The maximum absolute atomic E-state index is 12.8. The van der Waals surface area contributed by atoms with Crippen molar-refractivity contribution in [2.75, 3.05) is 0 Å². The molecule has 0 fully saturated rings. The Labute approximate surface area is 117 Å². The molecule has 0 amide bonds. The van der Waals surface area contributed by atoms with Crippen molar-refractivity contribution in [3.63, 3.8) is 0 Å². The van der Waals surface area contributed by atoms with E-state index in [4.69, 9.17) is 4.42 Å². The molecular formula is C14H10F3NO3. The van der Waals surface area contributed by atoms with Crippen molar-refractivity contribution in [2.24, 2.45) is 0 Å². The zero-order chi connectivity index (χ0) is 15.5. The van der Waals surface area contributed by atoms with Crippen molar-refractivity contribution in [3.05, 3.63) is 53.7 Å². The molecule has 0 saturated carbocycles. The summed E-state index contributed by atoms with van der Waals surface area (Å²) < 4.78 is 43.1. The van der Waals surface area contributed by atoms with Crippen LogP contribution in [0, 0.1) is 0 Å². The number of Topliss-reactive ketones (excluding diaryl/α,β-unsaturated/α-hetero) is 2. The lowest BCUT2D eigenvalue weighted by atomic mass is 10.0. The topological polar surface area (TPSA) is 60.2 Å². The van der Waals surface area contributed by atoms with E-state index in [1.807, 2.05) is 0 Å². The fraction of sp³-hybridized carbons (Fsp3) is 0.214. The van der Waals surface area contributed by atoms with Crippen LogP contribution in [-0.2, 0) is 6.18 Å². The van der Waals surface area contributed by atoms with Gasteiger partial charge in [0.1, 0.15) is 5.69 Å². The van der Waals surface area contributed by atoms with Gasteiger partial charge in [0, 0.05) is 19.0 Å². The molecule has 2 rings (SSSR count). The summed E-state index contributed by atoms with van der Waals surface area (Å²) >= 11 is 0. The maximum Gasteiger partial charge on any atom is 0.418 e. The summed E-state index contributed by atoms with van der Waals surface area (Å²) in [6.45, 7) is 0. The van der Waals surface area contributed by atoms with Crippen LogP contribution in [0.3, 0.4) is 0 Å². The van der Waals surface area contributed by atoms with E-state index < -0.39 is 29.0 Å². The van der Waals surface area contributed by atoms with Crippen LogP contribution in [0.2, 0.25) is 0 Å². The van der Waals surface area contributed by atoms with Crippen molar-refractivity contribution in [1.29, 1.82) is 0 Å². The fourth-order valence-electron chi connectivity index (χ4n) is 1.76. The summed E-state index contributed by atoms with van der Waals surface area (Å²) in [6, 6.07) is 4.83. The molecule has 0 N–H and O–H groups in total. The van der Waals surface area contributed by atoms with Crippen LogP contribution >= 0.6 is 0 Å². The lowest BCUT2D eigenvalue weighted by molar-refractivity contribution is -0.138. The fourth-order valence-corrected chi connectivity index (χ4v) is 1.76. The van der Waals surface area contributed by atoms with Crippen LogP contribution in [0.1, 0.15) is 39.4 Å². The number of hydrogen-bond acceptors (Lipinski definition) is 4. The molecule has 0 atom stereocenters. The summed E-state index contributed by atoms with van der Waals surface area (Å²) in [5.74, 6) is -1.21. The first-order chi connectivity index (χ1) is 9.89. The van der Waals surface area contributed by atoms with Gasteiger partial charge in [-0.05, 0) is 24.3 Å². The van der Waals surface area contributed by atoms with E-state index in [2.05, 4.69) is 4.98 Å². The molecule has 110 valence electrons. The van der Waals surface area contributed by atoms with Crippen molar-refractivity contribution in [1.82, 2.24) is 4.98 Å². The van der Waals surface area contributed by atoms with Gasteiger partial charge in [-0.25, -0.2) is 0 Å². The van der Waals surface area contributed by atoms with Crippen molar-refractivity contribution in [3.8, 4) is 0 Å².